The largest absolute Gasteiger partial charge is 0.310 e. The molecule has 0 unspecified atom stereocenters. The van der Waals surface area contributed by atoms with Crippen LogP contribution in [-0.2, 0) is 16.2 Å². The molecule has 2 aliphatic heterocycles. The minimum absolute atomic E-state index is 0.0834. The van der Waals surface area contributed by atoms with E-state index < -0.39 is 24.8 Å². The number of para-hydroxylation sites is 1. The first-order chi connectivity index (χ1) is 51.6. The van der Waals surface area contributed by atoms with Crippen LogP contribution in [0.2, 0.25) is 0 Å². The van der Waals surface area contributed by atoms with Crippen LogP contribution in [0.15, 0.2) is 309 Å². The number of nitrogens with zero attached hydrogens (tertiary/aromatic N) is 3. The summed E-state index contributed by atoms with van der Waals surface area (Å²) in [5.74, 6) is 0. The highest BCUT2D eigenvalue weighted by atomic mass is 32.1. The molecule has 2 aliphatic rings. The summed E-state index contributed by atoms with van der Waals surface area (Å²) in [4.78, 5) is 7.12. The molecule has 4 heterocycles. The Morgan fingerprint density at radius 1 is 0.333 bits per heavy atom. The Balaban J connectivity index is 1.07. The first-order valence-electron chi connectivity index (χ1n) is 37.9. The monoisotopic (exact) mass is 1350 g/mol. The highest BCUT2D eigenvalue weighted by Gasteiger charge is 2.48. The van der Waals surface area contributed by atoms with Crippen molar-refractivity contribution in [2.45, 2.75) is 78.6 Å². The van der Waals surface area contributed by atoms with Crippen LogP contribution >= 0.6 is 22.7 Å². The molecule has 0 radical (unpaired) electrons. The van der Waals surface area contributed by atoms with Gasteiger partial charge in [-0.25, -0.2) is 0 Å². The fourth-order valence-electron chi connectivity index (χ4n) is 15.8. The summed E-state index contributed by atoms with van der Waals surface area (Å²) in [7, 11) is 0. The summed E-state index contributed by atoms with van der Waals surface area (Å²) >= 11 is 3.50. The van der Waals surface area contributed by atoms with E-state index in [0.29, 0.717) is 5.69 Å². The molecule has 102 heavy (non-hydrogen) atoms. The van der Waals surface area contributed by atoms with Crippen molar-refractivity contribution in [3.8, 4) is 55.6 Å². The molecule has 0 amide bonds. The Morgan fingerprint density at radius 3 is 1.24 bits per heavy atom. The fraction of sp³-hybridized carbons (Fsp3) is 0.125. The second-order valence-corrected chi connectivity index (χ2v) is 32.6. The maximum absolute atomic E-state index is 10.4. The number of rotatable bonds is 10. The van der Waals surface area contributed by atoms with E-state index in [4.69, 9.17) is 0 Å². The van der Waals surface area contributed by atoms with Crippen molar-refractivity contribution in [1.82, 2.24) is 0 Å². The van der Waals surface area contributed by atoms with E-state index in [1.54, 1.807) is 22.7 Å². The van der Waals surface area contributed by atoms with Crippen LogP contribution in [0.4, 0.5) is 51.2 Å². The second-order valence-electron chi connectivity index (χ2n) is 30.5. The summed E-state index contributed by atoms with van der Waals surface area (Å²) < 4.78 is 53.8. The third-order valence-electron chi connectivity index (χ3n) is 20.9. The maximum Gasteiger partial charge on any atom is 0.254 e. The van der Waals surface area contributed by atoms with Crippen molar-refractivity contribution < 1.29 is 6.85 Å². The molecule has 18 rings (SSSR count). The van der Waals surface area contributed by atoms with E-state index in [2.05, 4.69) is 356 Å². The van der Waals surface area contributed by atoms with Gasteiger partial charge >= 0.3 is 0 Å². The van der Waals surface area contributed by atoms with E-state index in [1.165, 1.54) is 16.7 Å². The number of benzene rings is 14. The number of thiophene rings is 2. The van der Waals surface area contributed by atoms with Crippen LogP contribution in [0.1, 0.15) is 85.9 Å². The number of hydrogen-bond acceptors (Lipinski definition) is 5. The Kier molecular flexibility index (Phi) is 13.8. The molecule has 0 saturated heterocycles. The highest BCUT2D eigenvalue weighted by Crippen LogP contribution is 2.57. The van der Waals surface area contributed by atoms with Crippen molar-refractivity contribution in [3.05, 3.63) is 326 Å². The SMILES string of the molecule is [2H]c1c([2H])c([2H])c(N2c3cc(-c4cc(-c5ccccc5)cc(-c5ccccc5)c4)cc4c3B(c3ccc(N(c5ccc(C(C)(C)C)cc5)c5ccc(C(C)(C)C)cc5)cc3N4c3c(-c4ccccc4)cc(C(C)(C)C)cc3-c3ccccc3)c3c2c2sc4ccccc4c2c2c3sc3ccccc32)c([2H])c1[2H]. The van der Waals surface area contributed by atoms with Crippen LogP contribution in [0, 0.1) is 0 Å². The quantitative estimate of drug-likeness (QED) is 0.126. The third-order valence-corrected chi connectivity index (χ3v) is 23.3. The molecule has 0 aliphatic carbocycles. The van der Waals surface area contributed by atoms with Gasteiger partial charge in [-0.2, -0.15) is 0 Å². The van der Waals surface area contributed by atoms with Crippen LogP contribution in [0.3, 0.4) is 0 Å². The Morgan fingerprint density at radius 2 is 0.745 bits per heavy atom. The third kappa shape index (κ3) is 10.7. The molecule has 0 saturated carbocycles. The van der Waals surface area contributed by atoms with Crippen molar-refractivity contribution in [3.63, 3.8) is 0 Å². The van der Waals surface area contributed by atoms with Gasteiger partial charge in [-0.05, 0) is 197 Å². The van der Waals surface area contributed by atoms with E-state index >= 15 is 0 Å². The zero-order valence-electron chi connectivity index (χ0n) is 63.8. The molecular formula is C96H78BN3S2. The Labute approximate surface area is 615 Å². The minimum Gasteiger partial charge on any atom is -0.310 e. The molecule has 16 aromatic rings. The molecule has 2 aromatic heterocycles. The highest BCUT2D eigenvalue weighted by molar-refractivity contribution is 7.30. The van der Waals surface area contributed by atoms with E-state index in [9.17, 15) is 6.85 Å². The Bertz CT molecular complexity index is 6050. The first kappa shape index (κ1) is 57.7. The average molecular weight is 1350 g/mol. The lowest BCUT2D eigenvalue weighted by atomic mass is 9.33. The van der Waals surface area contributed by atoms with Gasteiger partial charge in [0, 0.05) is 86.6 Å². The maximum atomic E-state index is 10.4. The van der Waals surface area contributed by atoms with Crippen molar-refractivity contribution in [2.24, 2.45) is 0 Å². The summed E-state index contributed by atoms with van der Waals surface area (Å²) in [6, 6.07) is 100. The molecular weight excluding hydrogens is 1270 g/mol. The van der Waals surface area contributed by atoms with Gasteiger partial charge in [-0.15, -0.1) is 22.7 Å². The molecule has 6 heteroatoms. The smallest absolute Gasteiger partial charge is 0.254 e. The lowest BCUT2D eigenvalue weighted by Crippen LogP contribution is -2.61. The van der Waals surface area contributed by atoms with E-state index in [-0.39, 0.29) is 34.0 Å². The van der Waals surface area contributed by atoms with Gasteiger partial charge in [-0.1, -0.05) is 268 Å². The molecule has 0 N–H and O–H groups in total. The molecule has 0 fully saturated rings. The van der Waals surface area contributed by atoms with Crippen LogP contribution in [0.25, 0.3) is 96.0 Å². The van der Waals surface area contributed by atoms with Gasteiger partial charge in [0.25, 0.3) is 6.71 Å². The molecule has 492 valence electrons. The summed E-state index contributed by atoms with van der Waals surface area (Å²) in [5.41, 5.74) is 23.8. The predicted molar refractivity (Wildman–Crippen MR) is 444 cm³/mol. The fourth-order valence-corrected chi connectivity index (χ4v) is 18.3. The van der Waals surface area contributed by atoms with Gasteiger partial charge in [0.1, 0.15) is 0 Å². The van der Waals surface area contributed by atoms with Gasteiger partial charge in [-0.3, -0.25) is 0 Å². The molecule has 0 bridgehead atoms. The summed E-state index contributed by atoms with van der Waals surface area (Å²) in [6.07, 6.45) is 0. The zero-order valence-corrected chi connectivity index (χ0v) is 60.4. The summed E-state index contributed by atoms with van der Waals surface area (Å²) in [6.45, 7) is 20.0. The number of fused-ring (bicyclic) bond motifs is 13. The van der Waals surface area contributed by atoms with Crippen molar-refractivity contribution in [2.75, 3.05) is 14.7 Å². The van der Waals surface area contributed by atoms with E-state index in [0.717, 1.165) is 152 Å². The standard InChI is InChI=1S/C96H78BN3S2/c1-94(2,3)69-43-47-73(48-44-69)98(74-49-45-70(46-50-74)95(4,5)6)75-51-52-80-81(60-75)100(90-78(63-33-19-12-20-34-63)58-71(96(7,8)9)59-79(90)64-35-21-13-22-36-64)83-57-68(67-54-65(61-29-15-10-16-30-61)53-66(55-67)62-31-17-11-18-32-62)56-82-88(83)97(80)89-91(99(82)72-37-23-14-24-38-72)93-87(77-40-26-28-42-85(77)102-93)86-76-39-25-27-41-84(76)101-92(86)89/h10-60H,1-9H3/i14D,23D,24D,37D,38D. The predicted octanol–water partition coefficient (Wildman–Crippen LogP) is 26.2. The van der Waals surface area contributed by atoms with Gasteiger partial charge in [0.15, 0.2) is 0 Å². The van der Waals surface area contributed by atoms with Crippen LogP contribution in [0.5, 0.6) is 0 Å². The van der Waals surface area contributed by atoms with Crippen LogP contribution < -0.4 is 31.1 Å². The lowest BCUT2D eigenvalue weighted by molar-refractivity contribution is 0.590. The van der Waals surface area contributed by atoms with Crippen molar-refractivity contribution >= 4 is 137 Å². The van der Waals surface area contributed by atoms with Crippen molar-refractivity contribution in [1.29, 1.82) is 0 Å². The zero-order chi connectivity index (χ0) is 73.7. The molecule has 0 spiro atoms. The van der Waals surface area contributed by atoms with Gasteiger partial charge in [0.2, 0.25) is 0 Å². The van der Waals surface area contributed by atoms with Gasteiger partial charge < -0.3 is 14.7 Å². The minimum atomic E-state index is -0.522. The molecule has 3 nitrogen and oxygen atoms in total. The first-order valence-corrected chi connectivity index (χ1v) is 37.0. The number of hydrogen-bond donors (Lipinski definition) is 0. The van der Waals surface area contributed by atoms with E-state index in [1.807, 2.05) is 0 Å². The summed E-state index contributed by atoms with van der Waals surface area (Å²) in [5, 5.41) is 4.47. The number of anilines is 9. The van der Waals surface area contributed by atoms with Crippen LogP contribution in [-0.4, -0.2) is 6.71 Å². The molecule has 14 aromatic carbocycles. The average Bonchev–Trinajstić information content (AvgIpc) is 1.65. The Hall–Kier alpha value is -11.0. The normalized spacial score (nSPS) is 13.6. The second kappa shape index (κ2) is 24.4. The lowest BCUT2D eigenvalue weighted by Gasteiger charge is -2.46. The van der Waals surface area contributed by atoms with Gasteiger partial charge in [0.05, 0.1) is 22.9 Å². The molecule has 0 atom stereocenters. The topological polar surface area (TPSA) is 9.72 Å².